The van der Waals surface area contributed by atoms with E-state index >= 15 is 0 Å². The van der Waals surface area contributed by atoms with Crippen LogP contribution in [0.5, 0.6) is 0 Å². The Hall–Kier alpha value is -0.780. The molecule has 7 atom stereocenters. The van der Waals surface area contributed by atoms with Crippen LogP contribution in [0.15, 0.2) is 11.6 Å². The van der Waals surface area contributed by atoms with E-state index in [1.807, 2.05) is 0 Å². The molecule has 0 aromatic rings. The highest BCUT2D eigenvalue weighted by atomic mass is 16.3. The van der Waals surface area contributed by atoms with Gasteiger partial charge >= 0.3 is 0 Å². The SMILES string of the molecule is C#C[C@]1(O)CC[C@@H]2[C@@H]3CC=C4C[C@H](O)CC[C@]4(C)[C@H]3CC[C@]21C. The number of hydrogen-bond donors (Lipinski definition) is 2. The van der Waals surface area contributed by atoms with E-state index < -0.39 is 5.60 Å². The minimum Gasteiger partial charge on any atom is -0.393 e. The van der Waals surface area contributed by atoms with Crippen LogP contribution in [0.4, 0.5) is 0 Å². The Morgan fingerprint density at radius 3 is 2.61 bits per heavy atom. The maximum Gasteiger partial charge on any atom is 0.130 e. The average Bonchev–Trinajstić information content (AvgIpc) is 2.80. The second kappa shape index (κ2) is 4.87. The summed E-state index contributed by atoms with van der Waals surface area (Å²) in [6.07, 6.45) is 16.1. The Bertz CT molecular complexity index is 587. The molecule has 2 heteroatoms. The smallest absolute Gasteiger partial charge is 0.130 e. The van der Waals surface area contributed by atoms with Gasteiger partial charge in [0.05, 0.1) is 6.10 Å². The molecule has 4 rings (SSSR count). The molecular weight excluding hydrogens is 284 g/mol. The normalized spacial score (nSPS) is 55.2. The first kappa shape index (κ1) is 15.7. The van der Waals surface area contributed by atoms with Crippen LogP contribution in [0.3, 0.4) is 0 Å². The van der Waals surface area contributed by atoms with Crippen molar-refractivity contribution in [2.45, 2.75) is 76.9 Å². The van der Waals surface area contributed by atoms with Crippen LogP contribution in [0, 0.1) is 40.9 Å². The molecular formula is C21H30O2. The summed E-state index contributed by atoms with van der Waals surface area (Å²) in [5.41, 5.74) is 0.751. The van der Waals surface area contributed by atoms with Crippen LogP contribution in [0.1, 0.15) is 65.2 Å². The van der Waals surface area contributed by atoms with E-state index in [0.29, 0.717) is 17.8 Å². The van der Waals surface area contributed by atoms with E-state index in [-0.39, 0.29) is 16.9 Å². The van der Waals surface area contributed by atoms with Gasteiger partial charge in [0.25, 0.3) is 0 Å². The van der Waals surface area contributed by atoms with E-state index in [0.717, 1.165) is 44.9 Å². The van der Waals surface area contributed by atoms with Gasteiger partial charge in [-0.25, -0.2) is 0 Å². The maximum atomic E-state index is 11.0. The Morgan fingerprint density at radius 1 is 1.13 bits per heavy atom. The fourth-order valence-electron chi connectivity index (χ4n) is 6.89. The minimum atomic E-state index is -0.906. The third-order valence-corrected chi connectivity index (χ3v) is 8.47. The molecule has 3 fully saturated rings. The molecule has 0 saturated heterocycles. The molecule has 4 aliphatic carbocycles. The summed E-state index contributed by atoms with van der Waals surface area (Å²) in [4.78, 5) is 0. The van der Waals surface area contributed by atoms with Gasteiger partial charge in [-0.2, -0.15) is 0 Å². The molecule has 0 aromatic carbocycles. The second-order valence-electron chi connectivity index (χ2n) is 9.16. The van der Waals surface area contributed by atoms with Gasteiger partial charge in [-0.05, 0) is 74.5 Å². The van der Waals surface area contributed by atoms with Crippen molar-refractivity contribution < 1.29 is 10.2 Å². The highest BCUT2D eigenvalue weighted by Gasteiger charge is 2.63. The molecule has 2 N–H and O–H groups in total. The molecule has 0 aromatic heterocycles. The van der Waals surface area contributed by atoms with E-state index in [9.17, 15) is 10.2 Å². The Balaban J connectivity index is 1.69. The van der Waals surface area contributed by atoms with E-state index in [2.05, 4.69) is 25.8 Å². The Kier molecular flexibility index (Phi) is 3.33. The summed E-state index contributed by atoms with van der Waals surface area (Å²) < 4.78 is 0. The largest absolute Gasteiger partial charge is 0.393 e. The Labute approximate surface area is 140 Å². The van der Waals surface area contributed by atoms with Crippen molar-refractivity contribution in [3.8, 4) is 12.3 Å². The summed E-state index contributed by atoms with van der Waals surface area (Å²) in [7, 11) is 0. The molecule has 0 aliphatic heterocycles. The third-order valence-electron chi connectivity index (χ3n) is 8.47. The molecule has 0 unspecified atom stereocenters. The minimum absolute atomic E-state index is 0.112. The molecule has 3 saturated carbocycles. The molecule has 4 aliphatic rings. The third kappa shape index (κ3) is 1.90. The zero-order valence-corrected chi connectivity index (χ0v) is 14.5. The van der Waals surface area contributed by atoms with Gasteiger partial charge in [-0.15, -0.1) is 6.42 Å². The van der Waals surface area contributed by atoms with Crippen LogP contribution >= 0.6 is 0 Å². The van der Waals surface area contributed by atoms with Crippen LogP contribution in [-0.2, 0) is 0 Å². The summed E-state index contributed by atoms with van der Waals surface area (Å²) in [5.74, 6) is 4.65. The number of aliphatic hydroxyl groups is 2. The van der Waals surface area contributed by atoms with E-state index in [1.165, 1.54) is 12.0 Å². The van der Waals surface area contributed by atoms with Crippen molar-refractivity contribution in [3.05, 3.63) is 11.6 Å². The van der Waals surface area contributed by atoms with Crippen LogP contribution in [-0.4, -0.2) is 21.9 Å². The molecule has 0 heterocycles. The van der Waals surface area contributed by atoms with Gasteiger partial charge in [-0.1, -0.05) is 31.4 Å². The van der Waals surface area contributed by atoms with Crippen LogP contribution in [0.25, 0.3) is 0 Å². The molecule has 0 spiro atoms. The summed E-state index contributed by atoms with van der Waals surface area (Å²) >= 11 is 0. The fourth-order valence-corrected chi connectivity index (χ4v) is 6.89. The van der Waals surface area contributed by atoms with Gasteiger partial charge < -0.3 is 10.2 Å². The van der Waals surface area contributed by atoms with Crippen molar-refractivity contribution in [2.24, 2.45) is 28.6 Å². The molecule has 23 heavy (non-hydrogen) atoms. The average molecular weight is 314 g/mol. The van der Waals surface area contributed by atoms with Crippen molar-refractivity contribution in [1.29, 1.82) is 0 Å². The van der Waals surface area contributed by atoms with E-state index in [4.69, 9.17) is 6.42 Å². The van der Waals surface area contributed by atoms with Crippen molar-refractivity contribution in [2.75, 3.05) is 0 Å². The van der Waals surface area contributed by atoms with Gasteiger partial charge in [0.1, 0.15) is 5.60 Å². The quantitative estimate of drug-likeness (QED) is 0.529. The Morgan fingerprint density at radius 2 is 1.87 bits per heavy atom. The maximum absolute atomic E-state index is 11.0. The van der Waals surface area contributed by atoms with Crippen LogP contribution in [0.2, 0.25) is 0 Å². The van der Waals surface area contributed by atoms with Gasteiger partial charge in [0.15, 0.2) is 0 Å². The zero-order chi connectivity index (χ0) is 16.5. The van der Waals surface area contributed by atoms with Gasteiger partial charge in [-0.3, -0.25) is 0 Å². The fraction of sp³-hybridized carbons (Fsp3) is 0.810. The summed E-state index contributed by atoms with van der Waals surface area (Å²) in [5, 5.41) is 21.0. The summed E-state index contributed by atoms with van der Waals surface area (Å²) in [6.45, 7) is 4.68. The standard InChI is InChI=1S/C21H30O2/c1-4-21(23)12-9-18-16-6-5-14-13-15(22)7-10-19(14,2)17(16)8-11-20(18,21)3/h1,5,15-18,22-23H,6-13H2,2-3H3/t15-,16-,17+,18-,19+,20-,21+/m1/s1. The first-order valence-electron chi connectivity index (χ1n) is 9.42. The lowest BCUT2D eigenvalue weighted by Crippen LogP contribution is -2.54. The van der Waals surface area contributed by atoms with Gasteiger partial charge in [0, 0.05) is 5.41 Å². The lowest BCUT2D eigenvalue weighted by atomic mass is 9.47. The zero-order valence-electron chi connectivity index (χ0n) is 14.5. The second-order valence-corrected chi connectivity index (χ2v) is 9.16. The monoisotopic (exact) mass is 314 g/mol. The lowest BCUT2D eigenvalue weighted by Gasteiger charge is -2.58. The van der Waals surface area contributed by atoms with Crippen molar-refractivity contribution >= 4 is 0 Å². The summed E-state index contributed by atoms with van der Waals surface area (Å²) in [6, 6.07) is 0. The van der Waals surface area contributed by atoms with Gasteiger partial charge in [0.2, 0.25) is 0 Å². The topological polar surface area (TPSA) is 40.5 Å². The van der Waals surface area contributed by atoms with Crippen molar-refractivity contribution in [1.82, 2.24) is 0 Å². The highest BCUT2D eigenvalue weighted by Crippen LogP contribution is 2.66. The molecule has 0 bridgehead atoms. The first-order chi connectivity index (χ1) is 10.8. The number of allylic oxidation sites excluding steroid dienone is 1. The predicted molar refractivity (Wildman–Crippen MR) is 91.5 cm³/mol. The number of rotatable bonds is 0. The molecule has 0 amide bonds. The predicted octanol–water partition coefficient (Wildman–Crippen LogP) is 3.67. The van der Waals surface area contributed by atoms with Crippen LogP contribution < -0.4 is 0 Å². The number of terminal acetylenes is 1. The molecule has 0 radical (unpaired) electrons. The van der Waals surface area contributed by atoms with Crippen molar-refractivity contribution in [3.63, 3.8) is 0 Å². The molecule has 2 nitrogen and oxygen atoms in total. The van der Waals surface area contributed by atoms with E-state index in [1.54, 1.807) is 0 Å². The first-order valence-corrected chi connectivity index (χ1v) is 9.42. The number of aliphatic hydroxyl groups excluding tert-OH is 1. The number of hydrogen-bond acceptors (Lipinski definition) is 2. The lowest BCUT2D eigenvalue weighted by molar-refractivity contribution is -0.0969. The highest BCUT2D eigenvalue weighted by molar-refractivity contribution is 5.28. The molecule has 126 valence electrons. The number of fused-ring (bicyclic) bond motifs is 5.